The van der Waals surface area contributed by atoms with Gasteiger partial charge in [0.15, 0.2) is 0 Å². The van der Waals surface area contributed by atoms with Gasteiger partial charge < -0.3 is 10.3 Å². The van der Waals surface area contributed by atoms with Gasteiger partial charge in [-0.1, -0.05) is 6.92 Å². The van der Waals surface area contributed by atoms with Crippen LogP contribution in [0.1, 0.15) is 20.3 Å². The highest BCUT2D eigenvalue weighted by Gasteiger charge is 2.04. The Morgan fingerprint density at radius 2 is 2.00 bits per heavy atom. The Labute approximate surface area is 55.7 Å². The van der Waals surface area contributed by atoms with Gasteiger partial charge in [0.2, 0.25) is 0 Å². The Morgan fingerprint density at radius 1 is 1.44 bits per heavy atom. The summed E-state index contributed by atoms with van der Waals surface area (Å²) < 4.78 is 0. The zero-order valence-corrected chi connectivity index (χ0v) is 5.96. The van der Waals surface area contributed by atoms with Crippen molar-refractivity contribution in [1.29, 1.82) is 0 Å². The lowest BCUT2D eigenvalue weighted by Gasteiger charge is -2.12. The standard InChI is InChI=1S/C6H15NO2/c1-5(4-8)3-6(2)7-9/h5-9H,3-4H2,1-2H3. The van der Waals surface area contributed by atoms with Crippen molar-refractivity contribution in [1.82, 2.24) is 5.48 Å². The molecular weight excluding hydrogens is 118 g/mol. The van der Waals surface area contributed by atoms with E-state index in [4.69, 9.17) is 10.3 Å². The van der Waals surface area contributed by atoms with E-state index >= 15 is 0 Å². The quantitative estimate of drug-likeness (QED) is 0.486. The van der Waals surface area contributed by atoms with Crippen LogP contribution in [-0.4, -0.2) is 23.0 Å². The van der Waals surface area contributed by atoms with Crippen LogP contribution in [0.3, 0.4) is 0 Å². The molecule has 3 N–H and O–H groups in total. The van der Waals surface area contributed by atoms with Gasteiger partial charge in [0, 0.05) is 12.6 Å². The smallest absolute Gasteiger partial charge is 0.0457 e. The molecule has 2 unspecified atom stereocenters. The van der Waals surface area contributed by atoms with Gasteiger partial charge in [0.1, 0.15) is 0 Å². The van der Waals surface area contributed by atoms with Crippen LogP contribution < -0.4 is 5.48 Å². The molecule has 0 aliphatic rings. The van der Waals surface area contributed by atoms with Crippen LogP contribution in [0.5, 0.6) is 0 Å². The first-order valence-corrected chi connectivity index (χ1v) is 3.21. The third-order valence-electron chi connectivity index (χ3n) is 1.29. The number of rotatable bonds is 4. The van der Waals surface area contributed by atoms with Crippen LogP contribution in [0.25, 0.3) is 0 Å². The van der Waals surface area contributed by atoms with E-state index in [1.54, 1.807) is 0 Å². The minimum Gasteiger partial charge on any atom is -0.396 e. The lowest BCUT2D eigenvalue weighted by molar-refractivity contribution is 0.113. The Balaban J connectivity index is 3.22. The number of hydrogen-bond donors (Lipinski definition) is 3. The summed E-state index contributed by atoms with van der Waals surface area (Å²) in [5.74, 6) is 0.264. The fourth-order valence-electron chi connectivity index (χ4n) is 0.731. The summed E-state index contributed by atoms with van der Waals surface area (Å²) in [7, 11) is 0. The van der Waals surface area contributed by atoms with Crippen molar-refractivity contribution >= 4 is 0 Å². The van der Waals surface area contributed by atoms with E-state index in [0.717, 1.165) is 6.42 Å². The molecule has 0 amide bonds. The predicted molar refractivity (Wildman–Crippen MR) is 35.3 cm³/mol. The Morgan fingerprint density at radius 3 is 2.33 bits per heavy atom. The Bertz CT molecular complexity index is 60.1. The molecule has 9 heavy (non-hydrogen) atoms. The monoisotopic (exact) mass is 133 g/mol. The first-order valence-electron chi connectivity index (χ1n) is 3.21. The van der Waals surface area contributed by atoms with Gasteiger partial charge in [-0.05, 0) is 19.3 Å². The molecule has 0 bridgehead atoms. The summed E-state index contributed by atoms with van der Waals surface area (Å²) >= 11 is 0. The second kappa shape index (κ2) is 4.73. The molecule has 0 aliphatic carbocycles. The van der Waals surface area contributed by atoms with Gasteiger partial charge in [-0.3, -0.25) is 0 Å². The van der Waals surface area contributed by atoms with E-state index in [1.807, 2.05) is 13.8 Å². The second-order valence-corrected chi connectivity index (χ2v) is 2.55. The zero-order valence-electron chi connectivity index (χ0n) is 5.96. The summed E-state index contributed by atoms with van der Waals surface area (Å²) in [6.07, 6.45) is 0.799. The van der Waals surface area contributed by atoms with E-state index in [0.29, 0.717) is 0 Å². The lowest BCUT2D eigenvalue weighted by atomic mass is 10.1. The molecule has 0 aromatic heterocycles. The summed E-state index contributed by atoms with van der Waals surface area (Å²) in [4.78, 5) is 0. The molecule has 0 spiro atoms. The fraction of sp³-hybridized carbons (Fsp3) is 1.00. The molecule has 0 aromatic carbocycles. The van der Waals surface area contributed by atoms with E-state index < -0.39 is 0 Å². The molecular formula is C6H15NO2. The van der Waals surface area contributed by atoms with Crippen LogP contribution >= 0.6 is 0 Å². The van der Waals surface area contributed by atoms with E-state index in [9.17, 15) is 0 Å². The molecule has 3 heteroatoms. The van der Waals surface area contributed by atoms with Gasteiger partial charge in [0.25, 0.3) is 0 Å². The third kappa shape index (κ3) is 4.39. The maximum atomic E-state index is 8.57. The van der Waals surface area contributed by atoms with Crippen molar-refractivity contribution in [2.24, 2.45) is 5.92 Å². The largest absolute Gasteiger partial charge is 0.396 e. The first kappa shape index (κ1) is 8.88. The summed E-state index contributed by atoms with van der Waals surface area (Å²) in [6, 6.07) is 0.0761. The number of hydrogen-bond acceptors (Lipinski definition) is 3. The van der Waals surface area contributed by atoms with Crippen LogP contribution in [0, 0.1) is 5.92 Å². The first-order chi connectivity index (χ1) is 4.20. The predicted octanol–water partition coefficient (Wildman–Crippen LogP) is 0.372. The molecule has 0 saturated carbocycles. The topological polar surface area (TPSA) is 52.5 Å². The molecule has 0 radical (unpaired) electrons. The number of aliphatic hydroxyl groups is 1. The van der Waals surface area contributed by atoms with E-state index in [-0.39, 0.29) is 18.6 Å². The van der Waals surface area contributed by atoms with Crippen molar-refractivity contribution in [2.45, 2.75) is 26.3 Å². The maximum Gasteiger partial charge on any atom is 0.0457 e. The van der Waals surface area contributed by atoms with Crippen molar-refractivity contribution in [2.75, 3.05) is 6.61 Å². The zero-order chi connectivity index (χ0) is 7.28. The third-order valence-corrected chi connectivity index (χ3v) is 1.29. The van der Waals surface area contributed by atoms with Crippen molar-refractivity contribution in [3.63, 3.8) is 0 Å². The number of aliphatic hydroxyl groups excluding tert-OH is 1. The molecule has 3 nitrogen and oxygen atoms in total. The minimum absolute atomic E-state index is 0.0761. The summed E-state index contributed by atoms with van der Waals surface area (Å²) in [5, 5.41) is 16.9. The summed E-state index contributed by atoms with van der Waals surface area (Å²) in [6.45, 7) is 3.99. The van der Waals surface area contributed by atoms with E-state index in [1.165, 1.54) is 0 Å². The highest BCUT2D eigenvalue weighted by Crippen LogP contribution is 2.02. The van der Waals surface area contributed by atoms with Gasteiger partial charge >= 0.3 is 0 Å². The Hall–Kier alpha value is -0.120. The van der Waals surface area contributed by atoms with E-state index in [2.05, 4.69) is 5.48 Å². The average Bonchev–Trinajstić information content (AvgIpc) is 1.87. The van der Waals surface area contributed by atoms with Crippen LogP contribution in [0.4, 0.5) is 0 Å². The number of hydroxylamine groups is 1. The summed E-state index contributed by atoms with van der Waals surface area (Å²) in [5.41, 5.74) is 2.12. The molecule has 2 atom stereocenters. The van der Waals surface area contributed by atoms with Crippen LogP contribution in [0.15, 0.2) is 0 Å². The molecule has 0 aromatic rings. The van der Waals surface area contributed by atoms with Gasteiger partial charge in [-0.25, -0.2) is 5.48 Å². The molecule has 0 aliphatic heterocycles. The highest BCUT2D eigenvalue weighted by molar-refractivity contribution is 4.59. The fourth-order valence-corrected chi connectivity index (χ4v) is 0.731. The molecule has 0 heterocycles. The highest BCUT2D eigenvalue weighted by atomic mass is 16.5. The molecule has 56 valence electrons. The number of nitrogens with one attached hydrogen (secondary N) is 1. The van der Waals surface area contributed by atoms with Crippen molar-refractivity contribution in [3.8, 4) is 0 Å². The van der Waals surface area contributed by atoms with Gasteiger partial charge in [-0.15, -0.1) is 0 Å². The Kier molecular flexibility index (Phi) is 4.67. The second-order valence-electron chi connectivity index (χ2n) is 2.55. The normalized spacial score (nSPS) is 17.3. The van der Waals surface area contributed by atoms with Crippen LogP contribution in [-0.2, 0) is 0 Å². The molecule has 0 rings (SSSR count). The maximum absolute atomic E-state index is 8.57. The molecule has 0 saturated heterocycles. The van der Waals surface area contributed by atoms with Crippen molar-refractivity contribution < 1.29 is 10.3 Å². The van der Waals surface area contributed by atoms with Crippen molar-refractivity contribution in [3.05, 3.63) is 0 Å². The molecule has 0 fully saturated rings. The van der Waals surface area contributed by atoms with Gasteiger partial charge in [-0.2, -0.15) is 0 Å². The SMILES string of the molecule is CC(CO)CC(C)NO. The lowest BCUT2D eigenvalue weighted by Crippen LogP contribution is -2.25. The minimum atomic E-state index is 0.0761. The van der Waals surface area contributed by atoms with Crippen LogP contribution in [0.2, 0.25) is 0 Å². The average molecular weight is 133 g/mol. The van der Waals surface area contributed by atoms with Gasteiger partial charge in [0.05, 0.1) is 0 Å².